The molecule has 1 aliphatic rings. The lowest BCUT2D eigenvalue weighted by Crippen LogP contribution is -2.31. The van der Waals surface area contributed by atoms with Crippen molar-refractivity contribution in [3.8, 4) is 5.75 Å². The van der Waals surface area contributed by atoms with E-state index < -0.39 is 0 Å². The highest BCUT2D eigenvalue weighted by Crippen LogP contribution is 2.17. The molecule has 0 atom stereocenters. The summed E-state index contributed by atoms with van der Waals surface area (Å²) in [6, 6.07) is 26.4. The van der Waals surface area contributed by atoms with E-state index in [1.165, 1.54) is 16.7 Å². The number of carbonyl (C=O) groups excluding carboxylic acids is 1. The van der Waals surface area contributed by atoms with Gasteiger partial charge in [0.2, 0.25) is 0 Å². The molecule has 1 saturated heterocycles. The lowest BCUT2D eigenvalue weighted by Gasteiger charge is -2.22. The summed E-state index contributed by atoms with van der Waals surface area (Å²) in [6.45, 7) is 6.84. The van der Waals surface area contributed by atoms with Gasteiger partial charge < -0.3 is 20.5 Å². The zero-order valence-corrected chi connectivity index (χ0v) is 20.7. The molecule has 0 bridgehead atoms. The highest BCUT2D eigenvalue weighted by Gasteiger charge is 2.15. The van der Waals surface area contributed by atoms with Crippen molar-refractivity contribution in [1.82, 2.24) is 15.1 Å². The van der Waals surface area contributed by atoms with Gasteiger partial charge in [0.05, 0.1) is 6.61 Å². The minimum Gasteiger partial charge on any atom is -0.489 e. The number of hydrogen-bond acceptors (Lipinski definition) is 5. The first-order chi connectivity index (χ1) is 17.7. The van der Waals surface area contributed by atoms with E-state index in [0.29, 0.717) is 6.61 Å². The van der Waals surface area contributed by atoms with Gasteiger partial charge in [-0.1, -0.05) is 54.6 Å². The number of carbonyl (C=O) groups is 1. The zero-order chi connectivity index (χ0) is 25.0. The van der Waals surface area contributed by atoms with E-state index in [-0.39, 0.29) is 19.2 Å². The summed E-state index contributed by atoms with van der Waals surface area (Å²) in [4.78, 5) is 16.7. The van der Waals surface area contributed by atoms with Gasteiger partial charge in [-0.3, -0.25) is 9.80 Å². The Labute approximate surface area is 213 Å². The number of aliphatic hydroxyl groups excluding tert-OH is 1. The summed E-state index contributed by atoms with van der Waals surface area (Å²) >= 11 is 0. The van der Waals surface area contributed by atoms with Crippen LogP contribution in [-0.2, 0) is 19.7 Å². The Balaban J connectivity index is 1.20. The summed E-state index contributed by atoms with van der Waals surface area (Å²) in [6.07, 6.45) is 1.14. The standard InChI is InChI=1S/C29H36N4O3/c34-20-15-30-29(35)31-27-11-7-24(8-12-27)21-32-16-4-17-33(19-18-32)22-25-9-13-28(14-10-25)36-23-26-5-2-1-3-6-26/h1-3,5-14,34H,4,15-23H2,(H2,30,31,35). The molecule has 3 N–H and O–H groups in total. The van der Waals surface area contributed by atoms with E-state index >= 15 is 0 Å². The van der Waals surface area contributed by atoms with Gasteiger partial charge in [0.25, 0.3) is 0 Å². The monoisotopic (exact) mass is 488 g/mol. The normalized spacial score (nSPS) is 14.7. The Morgan fingerprint density at radius 2 is 1.39 bits per heavy atom. The fourth-order valence-corrected chi connectivity index (χ4v) is 4.33. The molecule has 0 unspecified atom stereocenters. The van der Waals surface area contributed by atoms with Crippen molar-refractivity contribution in [1.29, 1.82) is 0 Å². The SMILES string of the molecule is O=C(NCCO)Nc1ccc(CN2CCCN(Cc3ccc(OCc4ccccc4)cc3)CC2)cc1. The molecule has 190 valence electrons. The first-order valence-electron chi connectivity index (χ1n) is 12.6. The maximum Gasteiger partial charge on any atom is 0.319 e. The lowest BCUT2D eigenvalue weighted by molar-refractivity contribution is 0.244. The van der Waals surface area contributed by atoms with E-state index in [0.717, 1.165) is 57.1 Å². The van der Waals surface area contributed by atoms with Gasteiger partial charge in [0.15, 0.2) is 0 Å². The van der Waals surface area contributed by atoms with Crippen LogP contribution in [0.4, 0.5) is 10.5 Å². The molecule has 4 rings (SSSR count). The van der Waals surface area contributed by atoms with Crippen molar-refractivity contribution in [3.63, 3.8) is 0 Å². The second kappa shape index (κ2) is 13.6. The average molecular weight is 489 g/mol. The van der Waals surface area contributed by atoms with Gasteiger partial charge in [-0.05, 0) is 60.5 Å². The molecule has 1 aliphatic heterocycles. The molecule has 3 aromatic rings. The second-order valence-electron chi connectivity index (χ2n) is 9.13. The molecule has 1 heterocycles. The van der Waals surface area contributed by atoms with Crippen LogP contribution >= 0.6 is 0 Å². The Morgan fingerprint density at radius 1 is 0.778 bits per heavy atom. The van der Waals surface area contributed by atoms with Crippen LogP contribution in [0, 0.1) is 0 Å². The molecular formula is C29H36N4O3. The van der Waals surface area contributed by atoms with E-state index in [4.69, 9.17) is 9.84 Å². The number of ether oxygens (including phenoxy) is 1. The number of nitrogens with zero attached hydrogens (tertiary/aromatic N) is 2. The molecule has 0 spiro atoms. The summed E-state index contributed by atoms with van der Waals surface area (Å²) in [5, 5.41) is 14.1. The van der Waals surface area contributed by atoms with Gasteiger partial charge in [-0.25, -0.2) is 4.79 Å². The van der Waals surface area contributed by atoms with Gasteiger partial charge in [0.1, 0.15) is 12.4 Å². The van der Waals surface area contributed by atoms with Crippen molar-refractivity contribution in [2.75, 3.05) is 44.6 Å². The molecule has 0 radical (unpaired) electrons. The van der Waals surface area contributed by atoms with E-state index in [1.54, 1.807) is 0 Å². The molecule has 3 aromatic carbocycles. The highest BCUT2D eigenvalue weighted by molar-refractivity contribution is 5.89. The number of hydrogen-bond donors (Lipinski definition) is 3. The maximum absolute atomic E-state index is 11.7. The Kier molecular flexibility index (Phi) is 9.73. The van der Waals surface area contributed by atoms with Gasteiger partial charge in [0, 0.05) is 38.4 Å². The average Bonchev–Trinajstić information content (AvgIpc) is 3.13. The van der Waals surface area contributed by atoms with E-state index in [1.807, 2.05) is 30.3 Å². The van der Waals surface area contributed by atoms with Crippen LogP contribution in [0.5, 0.6) is 5.75 Å². The largest absolute Gasteiger partial charge is 0.489 e. The second-order valence-corrected chi connectivity index (χ2v) is 9.13. The van der Waals surface area contributed by atoms with Gasteiger partial charge in [-0.2, -0.15) is 0 Å². The van der Waals surface area contributed by atoms with Crippen LogP contribution in [0.15, 0.2) is 78.9 Å². The lowest BCUT2D eigenvalue weighted by atomic mass is 10.2. The molecule has 1 fully saturated rings. The minimum absolute atomic E-state index is 0.0734. The van der Waals surface area contributed by atoms with Crippen molar-refractivity contribution in [3.05, 3.63) is 95.6 Å². The number of urea groups is 1. The summed E-state index contributed by atoms with van der Waals surface area (Å²) in [5.41, 5.74) is 4.45. The van der Waals surface area contributed by atoms with E-state index in [2.05, 4.69) is 69.0 Å². The van der Waals surface area contributed by atoms with E-state index in [9.17, 15) is 4.79 Å². The van der Waals surface area contributed by atoms with Crippen LogP contribution < -0.4 is 15.4 Å². The fraction of sp³-hybridized carbons (Fsp3) is 0.345. The van der Waals surface area contributed by atoms with Gasteiger partial charge in [-0.15, -0.1) is 0 Å². The molecule has 0 aliphatic carbocycles. The Hall–Kier alpha value is -3.39. The summed E-state index contributed by atoms with van der Waals surface area (Å²) < 4.78 is 5.92. The number of nitrogens with one attached hydrogen (secondary N) is 2. The number of aliphatic hydroxyl groups is 1. The smallest absolute Gasteiger partial charge is 0.319 e. The number of amides is 2. The third-order valence-corrected chi connectivity index (χ3v) is 6.27. The number of benzene rings is 3. The van der Waals surface area contributed by atoms with Crippen molar-refractivity contribution >= 4 is 11.7 Å². The number of rotatable bonds is 10. The number of anilines is 1. The Morgan fingerprint density at radius 3 is 2.00 bits per heavy atom. The van der Waals surface area contributed by atoms with Crippen LogP contribution in [0.1, 0.15) is 23.1 Å². The molecule has 0 saturated carbocycles. The van der Waals surface area contributed by atoms with Crippen LogP contribution in [-0.4, -0.2) is 60.3 Å². The molecular weight excluding hydrogens is 452 g/mol. The third-order valence-electron chi connectivity index (χ3n) is 6.27. The predicted molar refractivity (Wildman–Crippen MR) is 143 cm³/mol. The summed E-state index contributed by atoms with van der Waals surface area (Å²) in [5.74, 6) is 0.900. The molecule has 0 aromatic heterocycles. The van der Waals surface area contributed by atoms with Crippen molar-refractivity contribution in [2.24, 2.45) is 0 Å². The third kappa shape index (κ3) is 8.37. The first kappa shape index (κ1) is 25.7. The summed E-state index contributed by atoms with van der Waals surface area (Å²) in [7, 11) is 0. The van der Waals surface area contributed by atoms with Crippen LogP contribution in [0.2, 0.25) is 0 Å². The van der Waals surface area contributed by atoms with Crippen LogP contribution in [0.3, 0.4) is 0 Å². The fourth-order valence-electron chi connectivity index (χ4n) is 4.33. The topological polar surface area (TPSA) is 77.1 Å². The Bertz CT molecular complexity index is 1060. The van der Waals surface area contributed by atoms with Crippen LogP contribution in [0.25, 0.3) is 0 Å². The van der Waals surface area contributed by atoms with Crippen molar-refractivity contribution < 1.29 is 14.6 Å². The molecule has 2 amide bonds. The minimum atomic E-state index is -0.307. The highest BCUT2D eigenvalue weighted by atomic mass is 16.5. The molecule has 36 heavy (non-hydrogen) atoms. The first-order valence-corrected chi connectivity index (χ1v) is 12.6. The maximum atomic E-state index is 11.7. The zero-order valence-electron chi connectivity index (χ0n) is 20.7. The molecule has 7 heteroatoms. The molecule has 7 nitrogen and oxygen atoms in total. The quantitative estimate of drug-likeness (QED) is 0.401. The van der Waals surface area contributed by atoms with Gasteiger partial charge >= 0.3 is 6.03 Å². The predicted octanol–water partition coefficient (Wildman–Crippen LogP) is 4.09. The van der Waals surface area contributed by atoms with Crippen molar-refractivity contribution in [2.45, 2.75) is 26.1 Å².